The van der Waals surface area contributed by atoms with Gasteiger partial charge in [-0.15, -0.1) is 0 Å². The van der Waals surface area contributed by atoms with E-state index in [0.29, 0.717) is 24.1 Å². The molecule has 0 aliphatic heterocycles. The minimum Gasteiger partial charge on any atom is -0.457 e. The van der Waals surface area contributed by atoms with Gasteiger partial charge in [0.05, 0.1) is 34.4 Å². The van der Waals surface area contributed by atoms with Gasteiger partial charge in [-0.3, -0.25) is 13.8 Å². The lowest BCUT2D eigenvalue weighted by Gasteiger charge is -2.24. The molecule has 0 aliphatic carbocycles. The summed E-state index contributed by atoms with van der Waals surface area (Å²) in [4.78, 5) is 23.0. The molecule has 8 nitrogen and oxygen atoms in total. The lowest BCUT2D eigenvalue weighted by atomic mass is 10.0. The number of ether oxygens (including phenoxy) is 2. The first-order valence-electron chi connectivity index (χ1n) is 25.4. The molecule has 352 valence electrons. The molecule has 0 fully saturated rings. The Hall–Kier alpha value is -0.760. The molecule has 0 radical (unpaired) electrons. The average molecular weight is 859 g/mol. The molecular formula is C50H101NO7P+. The van der Waals surface area contributed by atoms with Crippen LogP contribution in [0.1, 0.15) is 245 Å². The third-order valence-electron chi connectivity index (χ3n) is 11.3. The number of phosphoric acid groups is 1. The molecule has 1 N–H and O–H groups in total. The first-order chi connectivity index (χ1) is 28.6. The maximum absolute atomic E-state index is 12.8. The highest BCUT2D eigenvalue weighted by molar-refractivity contribution is 7.47. The van der Waals surface area contributed by atoms with Crippen LogP contribution in [-0.4, -0.2) is 75.6 Å². The highest BCUT2D eigenvalue weighted by atomic mass is 31.2. The molecule has 0 aliphatic rings. The Morgan fingerprint density at radius 2 is 0.881 bits per heavy atom. The van der Waals surface area contributed by atoms with Crippen molar-refractivity contribution in [1.82, 2.24) is 0 Å². The number of carbonyl (C=O) groups excluding carboxylic acids is 1. The van der Waals surface area contributed by atoms with Gasteiger partial charge < -0.3 is 18.9 Å². The van der Waals surface area contributed by atoms with E-state index in [4.69, 9.17) is 18.5 Å². The number of quaternary nitrogens is 1. The van der Waals surface area contributed by atoms with E-state index in [9.17, 15) is 14.3 Å². The van der Waals surface area contributed by atoms with E-state index < -0.39 is 13.9 Å². The summed E-state index contributed by atoms with van der Waals surface area (Å²) < 4.78 is 35.1. The van der Waals surface area contributed by atoms with Gasteiger partial charge in [0.1, 0.15) is 19.3 Å². The summed E-state index contributed by atoms with van der Waals surface area (Å²) in [6, 6.07) is 0. The van der Waals surface area contributed by atoms with Gasteiger partial charge in [-0.05, 0) is 38.5 Å². The van der Waals surface area contributed by atoms with Gasteiger partial charge in [0.15, 0.2) is 0 Å². The van der Waals surface area contributed by atoms with Crippen molar-refractivity contribution in [3.8, 4) is 0 Å². The number of likely N-dealkylation sites (N-methyl/N-ethyl adjacent to an activating group) is 1. The minimum atomic E-state index is -4.27. The Morgan fingerprint density at radius 3 is 1.29 bits per heavy atom. The summed E-state index contributed by atoms with van der Waals surface area (Å²) >= 11 is 0. The van der Waals surface area contributed by atoms with Gasteiger partial charge in [-0.25, -0.2) is 4.57 Å². The van der Waals surface area contributed by atoms with Crippen molar-refractivity contribution in [1.29, 1.82) is 0 Å². The van der Waals surface area contributed by atoms with Crippen molar-refractivity contribution in [2.24, 2.45) is 0 Å². The van der Waals surface area contributed by atoms with Crippen LogP contribution in [0.5, 0.6) is 0 Å². The van der Waals surface area contributed by atoms with E-state index >= 15 is 0 Å². The highest BCUT2D eigenvalue weighted by Crippen LogP contribution is 2.43. The van der Waals surface area contributed by atoms with Crippen molar-refractivity contribution >= 4 is 13.8 Å². The number of esters is 1. The number of hydrogen-bond acceptors (Lipinski definition) is 6. The number of carbonyl (C=O) groups is 1. The van der Waals surface area contributed by atoms with Crippen LogP contribution >= 0.6 is 7.82 Å². The predicted molar refractivity (Wildman–Crippen MR) is 252 cm³/mol. The van der Waals surface area contributed by atoms with E-state index in [-0.39, 0.29) is 25.8 Å². The van der Waals surface area contributed by atoms with E-state index in [0.717, 1.165) is 32.1 Å². The van der Waals surface area contributed by atoms with Crippen LogP contribution in [0.2, 0.25) is 0 Å². The molecule has 2 atom stereocenters. The monoisotopic (exact) mass is 859 g/mol. The summed E-state index contributed by atoms with van der Waals surface area (Å²) in [5.74, 6) is -0.309. The van der Waals surface area contributed by atoms with Gasteiger partial charge in [-0.1, -0.05) is 212 Å². The first-order valence-corrected chi connectivity index (χ1v) is 26.9. The van der Waals surface area contributed by atoms with E-state index in [2.05, 4.69) is 26.0 Å². The number of unbranched alkanes of at least 4 members (excludes halogenated alkanes) is 32. The van der Waals surface area contributed by atoms with Crippen molar-refractivity contribution in [2.75, 3.05) is 54.1 Å². The second kappa shape index (κ2) is 43.9. The van der Waals surface area contributed by atoms with Crippen molar-refractivity contribution < 1.29 is 37.3 Å². The Labute approximate surface area is 367 Å². The van der Waals surface area contributed by atoms with Crippen molar-refractivity contribution in [3.63, 3.8) is 0 Å². The molecule has 0 spiro atoms. The van der Waals surface area contributed by atoms with Gasteiger partial charge in [0.2, 0.25) is 0 Å². The molecule has 0 heterocycles. The second-order valence-corrected chi connectivity index (χ2v) is 20.0. The maximum atomic E-state index is 12.8. The van der Waals surface area contributed by atoms with Crippen LogP contribution in [0.4, 0.5) is 0 Å². The van der Waals surface area contributed by atoms with Crippen LogP contribution in [0.25, 0.3) is 0 Å². The molecule has 0 amide bonds. The number of nitrogens with zero attached hydrogens (tertiary/aromatic N) is 1. The number of allylic oxidation sites excluding steroid dienone is 2. The third-order valence-corrected chi connectivity index (χ3v) is 12.3. The Kier molecular flexibility index (Phi) is 43.3. The zero-order valence-corrected chi connectivity index (χ0v) is 40.9. The minimum absolute atomic E-state index is 0.0909. The average Bonchev–Trinajstić information content (AvgIpc) is 3.19. The zero-order chi connectivity index (χ0) is 43.4. The number of rotatable bonds is 48. The summed E-state index contributed by atoms with van der Waals surface area (Å²) in [5.41, 5.74) is 0. The lowest BCUT2D eigenvalue weighted by Crippen LogP contribution is -2.37. The molecule has 0 aromatic carbocycles. The summed E-state index contributed by atoms with van der Waals surface area (Å²) in [6.07, 6.45) is 49.7. The quantitative estimate of drug-likeness (QED) is 0.0214. The van der Waals surface area contributed by atoms with Crippen LogP contribution in [0.15, 0.2) is 12.2 Å². The van der Waals surface area contributed by atoms with Crippen molar-refractivity contribution in [3.05, 3.63) is 12.2 Å². The fourth-order valence-electron chi connectivity index (χ4n) is 7.37. The second-order valence-electron chi connectivity index (χ2n) is 18.6. The molecule has 9 heteroatoms. The lowest BCUT2D eigenvalue weighted by molar-refractivity contribution is -0.870. The SMILES string of the molecule is CCCCCCCC/C=C\CCCCCCCCOCC(COP(=O)(O)OCC[N+](C)(C)C)OC(=O)CCCCCCCCCCCCCCCCCCCCCCC. The Morgan fingerprint density at radius 1 is 0.508 bits per heavy atom. The molecular weight excluding hydrogens is 758 g/mol. The highest BCUT2D eigenvalue weighted by Gasteiger charge is 2.26. The van der Waals surface area contributed by atoms with Gasteiger partial charge in [0.25, 0.3) is 0 Å². The van der Waals surface area contributed by atoms with E-state index in [1.165, 1.54) is 193 Å². The van der Waals surface area contributed by atoms with E-state index in [1.807, 2.05) is 21.1 Å². The van der Waals surface area contributed by atoms with Crippen LogP contribution in [-0.2, 0) is 27.9 Å². The fourth-order valence-corrected chi connectivity index (χ4v) is 8.11. The molecule has 0 bridgehead atoms. The van der Waals surface area contributed by atoms with Gasteiger partial charge in [0, 0.05) is 13.0 Å². The molecule has 0 saturated carbocycles. The van der Waals surface area contributed by atoms with Gasteiger partial charge >= 0.3 is 13.8 Å². The molecule has 2 unspecified atom stereocenters. The van der Waals surface area contributed by atoms with Crippen LogP contribution in [0.3, 0.4) is 0 Å². The summed E-state index contributed by atoms with van der Waals surface area (Å²) in [5, 5.41) is 0. The van der Waals surface area contributed by atoms with Crippen molar-refractivity contribution in [2.45, 2.75) is 251 Å². The Balaban J connectivity index is 4.10. The zero-order valence-electron chi connectivity index (χ0n) is 40.0. The van der Waals surface area contributed by atoms with Gasteiger partial charge in [-0.2, -0.15) is 0 Å². The maximum Gasteiger partial charge on any atom is 0.472 e. The molecule has 0 saturated heterocycles. The normalized spacial score (nSPS) is 13.7. The van der Waals surface area contributed by atoms with Crippen LogP contribution < -0.4 is 0 Å². The number of phosphoric ester groups is 1. The fraction of sp³-hybridized carbons (Fsp3) is 0.940. The predicted octanol–water partition coefficient (Wildman–Crippen LogP) is 15.4. The van der Waals surface area contributed by atoms with E-state index in [1.54, 1.807) is 0 Å². The third kappa shape index (κ3) is 48.1. The molecule has 0 aromatic heterocycles. The number of hydrogen-bond donors (Lipinski definition) is 1. The first kappa shape index (κ1) is 58.2. The standard InChI is InChI=1S/C50H100NO7P/c1-6-8-10-12-14-16-18-20-22-24-25-26-27-28-29-31-33-35-37-39-41-43-50(52)58-49(48-57-59(53,54)56-46-44-51(3,4)5)47-55-45-42-40-38-36-34-32-30-23-21-19-17-15-13-11-9-7-2/h21,23,49H,6-20,22,24-48H2,1-5H3/p+1/b23-21-. The molecule has 0 rings (SSSR count). The Bertz CT molecular complexity index is 956. The largest absolute Gasteiger partial charge is 0.472 e. The topological polar surface area (TPSA) is 91.3 Å². The smallest absolute Gasteiger partial charge is 0.457 e. The molecule has 0 aromatic rings. The molecule has 59 heavy (non-hydrogen) atoms. The summed E-state index contributed by atoms with van der Waals surface area (Å²) in [6.45, 7) is 5.66. The summed E-state index contributed by atoms with van der Waals surface area (Å²) in [7, 11) is 1.68. The van der Waals surface area contributed by atoms with Crippen LogP contribution in [0, 0.1) is 0 Å².